The van der Waals surface area contributed by atoms with E-state index in [-0.39, 0.29) is 10.5 Å². The van der Waals surface area contributed by atoms with Crippen LogP contribution in [0.15, 0.2) is 24.3 Å². The van der Waals surface area contributed by atoms with Gasteiger partial charge in [0.1, 0.15) is 0 Å². The molecule has 0 bridgehead atoms. The molecule has 0 saturated carbocycles. The van der Waals surface area contributed by atoms with E-state index in [1.807, 2.05) is 0 Å². The van der Waals surface area contributed by atoms with Gasteiger partial charge >= 0.3 is 0 Å². The van der Waals surface area contributed by atoms with E-state index in [0.717, 1.165) is 97.0 Å². The van der Waals surface area contributed by atoms with Gasteiger partial charge in [-0.15, -0.1) is 0 Å². The average molecular weight is 599 g/mol. The van der Waals surface area contributed by atoms with Crippen molar-refractivity contribution in [3.63, 3.8) is 0 Å². The van der Waals surface area contributed by atoms with Crippen LogP contribution in [0.5, 0.6) is 23.0 Å². The fourth-order valence-corrected chi connectivity index (χ4v) is 4.70. The Morgan fingerprint density at radius 3 is 1.37 bits per heavy atom. The van der Waals surface area contributed by atoms with Crippen molar-refractivity contribution in [3.05, 3.63) is 35.4 Å². The first-order valence-corrected chi connectivity index (χ1v) is 16.0. The Hall–Kier alpha value is -0.960. The first-order valence-electron chi connectivity index (χ1n) is 13.7. The Balaban J connectivity index is 2.69. The van der Waals surface area contributed by atoms with Gasteiger partial charge in [0.25, 0.3) is 0 Å². The van der Waals surface area contributed by atoms with Crippen LogP contribution < -0.4 is 18.9 Å². The minimum atomic E-state index is 0.287. The third kappa shape index (κ3) is 10.2. The number of aryl methyl sites for hydroxylation is 2. The lowest BCUT2D eigenvalue weighted by molar-refractivity contribution is 0.284. The zero-order valence-corrected chi connectivity index (χ0v) is 26.9. The lowest BCUT2D eigenvalue weighted by atomic mass is 9.95. The van der Waals surface area contributed by atoms with Gasteiger partial charge in [0.2, 0.25) is 0 Å². The first-order chi connectivity index (χ1) is 18.4. The molecule has 4 nitrogen and oxygen atoms in total. The second kappa shape index (κ2) is 18.4. The number of hydrogen-bond acceptors (Lipinski definition) is 8. The molecule has 2 aromatic carbocycles. The quantitative estimate of drug-likeness (QED) is 0.123. The summed E-state index contributed by atoms with van der Waals surface area (Å²) >= 11 is 18.2. The van der Waals surface area contributed by atoms with E-state index in [1.54, 1.807) is 14.2 Å². The van der Waals surface area contributed by atoms with Gasteiger partial charge in [-0.3, -0.25) is 0 Å². The molecule has 0 spiro atoms. The van der Waals surface area contributed by atoms with Crippen molar-refractivity contribution in [1.29, 1.82) is 0 Å². The van der Waals surface area contributed by atoms with Crippen molar-refractivity contribution >= 4 is 50.5 Å². The van der Waals surface area contributed by atoms with Gasteiger partial charge in [-0.05, 0) is 98.3 Å². The lowest BCUT2D eigenvalue weighted by Gasteiger charge is -2.22. The summed E-state index contributed by atoms with van der Waals surface area (Å²) in [5.41, 5.74) is 4.24. The summed E-state index contributed by atoms with van der Waals surface area (Å²) in [4.78, 5) is 0. The van der Waals surface area contributed by atoms with Crippen molar-refractivity contribution in [2.45, 2.75) is 75.7 Å². The molecule has 2 rings (SSSR count). The minimum Gasteiger partial charge on any atom is -0.493 e. The van der Waals surface area contributed by atoms with Gasteiger partial charge in [0, 0.05) is 21.6 Å². The lowest BCUT2D eigenvalue weighted by Crippen LogP contribution is -2.09. The monoisotopic (exact) mass is 598 g/mol. The Kier molecular flexibility index (Phi) is 16.1. The molecule has 0 aliphatic carbocycles. The Bertz CT molecular complexity index is 892. The van der Waals surface area contributed by atoms with E-state index >= 15 is 0 Å². The number of thiol groups is 4. The van der Waals surface area contributed by atoms with E-state index in [9.17, 15) is 0 Å². The molecule has 0 amide bonds. The molecule has 2 unspecified atom stereocenters. The topological polar surface area (TPSA) is 36.9 Å². The SMILES string of the molecule is CCC(S)CCOc1c(OC)cc(CCCS)cc1-c1cc(CCCS)cc(OC)c1OCCC(S)CC. The summed E-state index contributed by atoms with van der Waals surface area (Å²) in [5, 5.41) is 0.575. The number of benzene rings is 2. The minimum absolute atomic E-state index is 0.287. The maximum atomic E-state index is 6.45. The van der Waals surface area contributed by atoms with Crippen LogP contribution in [0, 0.1) is 0 Å². The third-order valence-electron chi connectivity index (χ3n) is 6.54. The number of hydrogen-bond donors (Lipinski definition) is 4. The zero-order chi connectivity index (χ0) is 27.9. The van der Waals surface area contributed by atoms with Crippen LogP contribution >= 0.6 is 50.5 Å². The van der Waals surface area contributed by atoms with Crippen LogP contribution in [0.4, 0.5) is 0 Å². The van der Waals surface area contributed by atoms with Crippen molar-refractivity contribution in [2.75, 3.05) is 38.9 Å². The van der Waals surface area contributed by atoms with Gasteiger partial charge in [-0.1, -0.05) is 13.8 Å². The Labute approximate surface area is 252 Å². The van der Waals surface area contributed by atoms with E-state index in [4.69, 9.17) is 18.9 Å². The normalized spacial score (nSPS) is 12.7. The molecule has 0 radical (unpaired) electrons. The van der Waals surface area contributed by atoms with Gasteiger partial charge in [0.15, 0.2) is 23.0 Å². The summed E-state index contributed by atoms with van der Waals surface area (Å²) in [6, 6.07) is 8.57. The summed E-state index contributed by atoms with van der Waals surface area (Å²) in [6.45, 7) is 5.37. The van der Waals surface area contributed by atoms with E-state index in [2.05, 4.69) is 88.6 Å². The molecule has 0 fully saturated rings. The van der Waals surface area contributed by atoms with Crippen molar-refractivity contribution in [3.8, 4) is 34.1 Å². The molecule has 2 atom stereocenters. The molecule has 0 aliphatic rings. The van der Waals surface area contributed by atoms with E-state index in [0.29, 0.717) is 13.2 Å². The standard InChI is InChI=1S/C30H46O4S4/c1-5-23(37)11-13-33-29-25(17-21(9-7-15-35)19-27(29)31-3)26-18-22(10-8-16-36)20-28(32-4)30(26)34-14-12-24(38)6-2/h17-20,23-24,35-38H,5-16H2,1-4H3. The maximum Gasteiger partial charge on any atom is 0.169 e. The zero-order valence-electron chi connectivity index (χ0n) is 23.4. The van der Waals surface area contributed by atoms with E-state index < -0.39 is 0 Å². The molecule has 0 aromatic heterocycles. The van der Waals surface area contributed by atoms with Gasteiger partial charge < -0.3 is 18.9 Å². The van der Waals surface area contributed by atoms with Crippen molar-refractivity contribution < 1.29 is 18.9 Å². The second-order valence-corrected chi connectivity index (χ2v) is 11.8. The molecule has 2 aromatic rings. The summed E-state index contributed by atoms with van der Waals surface area (Å²) in [5.74, 6) is 4.52. The molecule has 8 heteroatoms. The highest BCUT2D eigenvalue weighted by atomic mass is 32.1. The molecule has 214 valence electrons. The third-order valence-corrected chi connectivity index (χ3v) is 8.42. The summed E-state index contributed by atoms with van der Waals surface area (Å²) in [7, 11) is 3.39. The Morgan fingerprint density at radius 2 is 1.05 bits per heavy atom. The molecule has 38 heavy (non-hydrogen) atoms. The van der Waals surface area contributed by atoms with Gasteiger partial charge in [-0.2, -0.15) is 50.5 Å². The summed E-state index contributed by atoms with van der Waals surface area (Å²) in [6.07, 6.45) is 7.41. The number of methoxy groups -OCH3 is 2. The average Bonchev–Trinajstić information content (AvgIpc) is 2.94. The van der Waals surface area contributed by atoms with Crippen LogP contribution in [-0.4, -0.2) is 49.4 Å². The second-order valence-electron chi connectivity index (χ2n) is 9.40. The fraction of sp³-hybridized carbons (Fsp3) is 0.600. The van der Waals surface area contributed by atoms with Crippen LogP contribution in [0.25, 0.3) is 11.1 Å². The molecular formula is C30H46O4S4. The predicted molar refractivity (Wildman–Crippen MR) is 176 cm³/mol. The molecular weight excluding hydrogens is 553 g/mol. The highest BCUT2D eigenvalue weighted by Gasteiger charge is 2.22. The van der Waals surface area contributed by atoms with Crippen LogP contribution in [-0.2, 0) is 12.8 Å². The van der Waals surface area contributed by atoms with Crippen LogP contribution in [0.1, 0.15) is 63.5 Å². The first kappa shape index (κ1) is 33.2. The number of rotatable bonds is 19. The van der Waals surface area contributed by atoms with E-state index in [1.165, 1.54) is 11.1 Å². The maximum absolute atomic E-state index is 6.45. The highest BCUT2D eigenvalue weighted by molar-refractivity contribution is 7.81. The largest absolute Gasteiger partial charge is 0.493 e. The number of ether oxygens (including phenoxy) is 4. The van der Waals surface area contributed by atoms with Gasteiger partial charge in [-0.25, -0.2) is 0 Å². The van der Waals surface area contributed by atoms with Crippen LogP contribution in [0.2, 0.25) is 0 Å². The summed E-state index contributed by atoms with van der Waals surface area (Å²) < 4.78 is 24.6. The fourth-order valence-electron chi connectivity index (χ4n) is 4.18. The van der Waals surface area contributed by atoms with Gasteiger partial charge in [0.05, 0.1) is 27.4 Å². The highest BCUT2D eigenvalue weighted by Crippen LogP contribution is 2.47. The molecule has 0 heterocycles. The molecule has 0 aliphatic heterocycles. The van der Waals surface area contributed by atoms with Crippen molar-refractivity contribution in [1.82, 2.24) is 0 Å². The molecule has 0 N–H and O–H groups in total. The molecule has 0 saturated heterocycles. The predicted octanol–water partition coefficient (Wildman–Crippen LogP) is 8.05. The Morgan fingerprint density at radius 1 is 0.658 bits per heavy atom. The smallest absolute Gasteiger partial charge is 0.169 e. The van der Waals surface area contributed by atoms with Crippen LogP contribution in [0.3, 0.4) is 0 Å². The van der Waals surface area contributed by atoms with Crippen molar-refractivity contribution in [2.24, 2.45) is 0 Å².